The highest BCUT2D eigenvalue weighted by Gasteiger charge is 1.97. The molecule has 69 valence electrons. The summed E-state index contributed by atoms with van der Waals surface area (Å²) in [6.45, 7) is 8.74. The van der Waals surface area contributed by atoms with Crippen LogP contribution < -0.4 is 0 Å². The van der Waals surface area contributed by atoms with Gasteiger partial charge in [-0.3, -0.25) is 0 Å². The molecule has 0 aromatic carbocycles. The predicted molar refractivity (Wildman–Crippen MR) is 57.0 cm³/mol. The van der Waals surface area contributed by atoms with E-state index in [2.05, 4.69) is 45.9 Å². The summed E-state index contributed by atoms with van der Waals surface area (Å²) in [5, 5.41) is 0. The lowest BCUT2D eigenvalue weighted by Crippen LogP contribution is -1.87. The van der Waals surface area contributed by atoms with Crippen molar-refractivity contribution in [2.24, 2.45) is 0 Å². The first-order chi connectivity index (χ1) is 5.70. The van der Waals surface area contributed by atoms with Gasteiger partial charge in [0.25, 0.3) is 0 Å². The Morgan fingerprint density at radius 3 is 2.25 bits per heavy atom. The lowest BCUT2D eigenvalue weighted by molar-refractivity contribution is 0.978. The molecule has 0 rings (SSSR count). The molecule has 0 saturated heterocycles. The molecule has 0 aromatic rings. The van der Waals surface area contributed by atoms with Gasteiger partial charge in [-0.1, -0.05) is 44.6 Å². The number of allylic oxidation sites excluding steroid dienone is 4. The quantitative estimate of drug-likeness (QED) is 0.533. The van der Waals surface area contributed by atoms with Crippen LogP contribution in [0.2, 0.25) is 0 Å². The van der Waals surface area contributed by atoms with Crippen LogP contribution in [0.15, 0.2) is 23.8 Å². The zero-order chi connectivity index (χ0) is 9.40. The molecule has 0 atom stereocenters. The molecule has 0 aliphatic rings. The van der Waals surface area contributed by atoms with Gasteiger partial charge in [0.05, 0.1) is 0 Å². The smallest absolute Gasteiger partial charge is 0.00182 e. The Bertz CT molecular complexity index is 151. The summed E-state index contributed by atoms with van der Waals surface area (Å²) < 4.78 is 0. The molecule has 0 aliphatic carbocycles. The fourth-order valence-electron chi connectivity index (χ4n) is 1.24. The van der Waals surface area contributed by atoms with Crippen molar-refractivity contribution < 1.29 is 0 Å². The molecule has 0 amide bonds. The number of rotatable bonds is 5. The van der Waals surface area contributed by atoms with Crippen LogP contribution in [0.1, 0.15) is 47.0 Å². The molecule has 0 aliphatic heterocycles. The van der Waals surface area contributed by atoms with Gasteiger partial charge < -0.3 is 0 Å². The average molecular weight is 165 g/mol. The van der Waals surface area contributed by atoms with Gasteiger partial charge in [0.2, 0.25) is 0 Å². The van der Waals surface area contributed by atoms with Crippen molar-refractivity contribution in [1.82, 2.24) is 0 Å². The molecule has 0 heterocycles. The van der Waals surface area contributed by atoms with Crippen LogP contribution in [-0.2, 0) is 0 Å². The first-order valence-electron chi connectivity index (χ1n) is 4.85. The SMILES string of the molecule is CCC=C[C](C)CC(C)=CCC. The molecule has 1 radical (unpaired) electrons. The molecule has 0 aromatic heterocycles. The minimum absolute atomic E-state index is 1.13. The van der Waals surface area contributed by atoms with E-state index in [1.54, 1.807) is 0 Å². The molecular formula is C12H21. The minimum Gasteiger partial charge on any atom is -0.0882 e. The van der Waals surface area contributed by atoms with Crippen molar-refractivity contribution in [3.63, 3.8) is 0 Å². The number of hydrogen-bond donors (Lipinski definition) is 0. The average Bonchev–Trinajstić information content (AvgIpc) is 2.01. The first kappa shape index (κ1) is 11.5. The lowest BCUT2D eigenvalue weighted by Gasteiger charge is -2.04. The third kappa shape index (κ3) is 6.21. The Morgan fingerprint density at radius 2 is 1.75 bits per heavy atom. The number of hydrogen-bond acceptors (Lipinski definition) is 0. The van der Waals surface area contributed by atoms with Gasteiger partial charge in [0.1, 0.15) is 0 Å². The Morgan fingerprint density at radius 1 is 1.08 bits per heavy atom. The molecule has 12 heavy (non-hydrogen) atoms. The summed E-state index contributed by atoms with van der Waals surface area (Å²) in [6, 6.07) is 0. The van der Waals surface area contributed by atoms with E-state index in [9.17, 15) is 0 Å². The van der Waals surface area contributed by atoms with Crippen molar-refractivity contribution in [3.05, 3.63) is 29.7 Å². The lowest BCUT2D eigenvalue weighted by atomic mass is 10.0. The summed E-state index contributed by atoms with van der Waals surface area (Å²) in [5.41, 5.74) is 1.48. The van der Waals surface area contributed by atoms with Gasteiger partial charge in [-0.15, -0.1) is 0 Å². The molecule has 0 bridgehead atoms. The largest absolute Gasteiger partial charge is 0.0882 e. The Balaban J connectivity index is 3.75. The minimum atomic E-state index is 1.13. The Labute approximate surface area is 77.4 Å². The Hall–Kier alpha value is -0.520. The van der Waals surface area contributed by atoms with Gasteiger partial charge >= 0.3 is 0 Å². The summed E-state index contributed by atoms with van der Waals surface area (Å²) in [7, 11) is 0. The van der Waals surface area contributed by atoms with Gasteiger partial charge in [0, 0.05) is 0 Å². The second-order valence-electron chi connectivity index (χ2n) is 3.29. The van der Waals surface area contributed by atoms with E-state index in [1.165, 1.54) is 11.5 Å². The summed E-state index contributed by atoms with van der Waals surface area (Å²) >= 11 is 0. The maximum Gasteiger partial charge on any atom is -0.00182 e. The van der Waals surface area contributed by atoms with Crippen LogP contribution in [0, 0.1) is 5.92 Å². The van der Waals surface area contributed by atoms with Crippen LogP contribution in [0.3, 0.4) is 0 Å². The van der Waals surface area contributed by atoms with Gasteiger partial charge in [0.15, 0.2) is 0 Å². The Kier molecular flexibility index (Phi) is 6.84. The van der Waals surface area contributed by atoms with Crippen molar-refractivity contribution in [2.75, 3.05) is 0 Å². The molecule has 0 unspecified atom stereocenters. The maximum atomic E-state index is 2.29. The second-order valence-corrected chi connectivity index (χ2v) is 3.29. The first-order valence-corrected chi connectivity index (χ1v) is 4.85. The van der Waals surface area contributed by atoms with Crippen molar-refractivity contribution in [2.45, 2.75) is 47.0 Å². The van der Waals surface area contributed by atoms with E-state index < -0.39 is 0 Å². The standard InChI is InChI=1S/C12H21/c1-5-7-9-12(4)10-11(3)8-6-2/h7-9H,5-6,10H2,1-4H3. The van der Waals surface area contributed by atoms with E-state index in [4.69, 9.17) is 0 Å². The topological polar surface area (TPSA) is 0 Å². The molecular weight excluding hydrogens is 144 g/mol. The second kappa shape index (κ2) is 7.15. The molecule has 0 saturated carbocycles. The fraction of sp³-hybridized carbons (Fsp3) is 0.583. The summed E-state index contributed by atoms with van der Waals surface area (Å²) in [4.78, 5) is 0. The van der Waals surface area contributed by atoms with Gasteiger partial charge in [-0.05, 0) is 32.1 Å². The highest BCUT2D eigenvalue weighted by atomic mass is 14.0. The van der Waals surface area contributed by atoms with Gasteiger partial charge in [-0.2, -0.15) is 0 Å². The van der Waals surface area contributed by atoms with Crippen molar-refractivity contribution in [1.29, 1.82) is 0 Å². The molecule has 0 heteroatoms. The van der Waals surface area contributed by atoms with E-state index in [0.717, 1.165) is 19.3 Å². The highest BCUT2D eigenvalue weighted by Crippen LogP contribution is 2.14. The molecule has 0 N–H and O–H groups in total. The van der Waals surface area contributed by atoms with Crippen LogP contribution in [0.5, 0.6) is 0 Å². The zero-order valence-electron chi connectivity index (χ0n) is 8.85. The fourth-order valence-corrected chi connectivity index (χ4v) is 1.24. The summed E-state index contributed by atoms with van der Waals surface area (Å²) in [5.74, 6) is 1.46. The highest BCUT2D eigenvalue weighted by molar-refractivity contribution is 5.15. The summed E-state index contributed by atoms with van der Waals surface area (Å²) in [6.07, 6.45) is 10.2. The molecule has 0 nitrogen and oxygen atoms in total. The normalized spacial score (nSPS) is 13.2. The van der Waals surface area contributed by atoms with E-state index in [-0.39, 0.29) is 0 Å². The van der Waals surface area contributed by atoms with Crippen molar-refractivity contribution >= 4 is 0 Å². The van der Waals surface area contributed by atoms with E-state index in [1.807, 2.05) is 0 Å². The van der Waals surface area contributed by atoms with E-state index >= 15 is 0 Å². The maximum absolute atomic E-state index is 2.29. The predicted octanol–water partition coefficient (Wildman–Crippen LogP) is 4.29. The van der Waals surface area contributed by atoms with Crippen LogP contribution >= 0.6 is 0 Å². The monoisotopic (exact) mass is 165 g/mol. The zero-order valence-corrected chi connectivity index (χ0v) is 8.85. The van der Waals surface area contributed by atoms with Gasteiger partial charge in [-0.25, -0.2) is 0 Å². The van der Waals surface area contributed by atoms with Crippen LogP contribution in [0.4, 0.5) is 0 Å². The molecule has 0 spiro atoms. The third-order valence-electron chi connectivity index (χ3n) is 1.75. The third-order valence-corrected chi connectivity index (χ3v) is 1.75. The van der Waals surface area contributed by atoms with Crippen LogP contribution in [0.25, 0.3) is 0 Å². The van der Waals surface area contributed by atoms with Crippen LogP contribution in [-0.4, -0.2) is 0 Å². The van der Waals surface area contributed by atoms with Crippen molar-refractivity contribution in [3.8, 4) is 0 Å². The molecule has 0 fully saturated rings. The van der Waals surface area contributed by atoms with E-state index in [0.29, 0.717) is 0 Å².